The number of piperidine rings is 1. The molecular weight excluding hydrogens is 336 g/mol. The summed E-state index contributed by atoms with van der Waals surface area (Å²) in [6.07, 6.45) is 1.06. The predicted octanol–water partition coefficient (Wildman–Crippen LogP) is 0.680. The minimum atomic E-state index is -0.614. The highest BCUT2D eigenvalue weighted by Gasteiger charge is 2.39. The van der Waals surface area contributed by atoms with Crippen LogP contribution in [0.25, 0.3) is 0 Å². The van der Waals surface area contributed by atoms with Gasteiger partial charge in [-0.25, -0.2) is 4.79 Å². The lowest BCUT2D eigenvalue weighted by atomic mass is 9.89. The highest BCUT2D eigenvalue weighted by molar-refractivity contribution is 5.93. The van der Waals surface area contributed by atoms with Crippen molar-refractivity contribution in [3.05, 3.63) is 34.4 Å². The summed E-state index contributed by atoms with van der Waals surface area (Å²) >= 11 is 0. The molecule has 3 heterocycles. The number of fused-ring (bicyclic) bond motifs is 1. The van der Waals surface area contributed by atoms with E-state index >= 15 is 0 Å². The largest absolute Gasteiger partial charge is 0.457 e. The molecule has 2 saturated heterocycles. The minimum Gasteiger partial charge on any atom is -0.457 e. The van der Waals surface area contributed by atoms with Gasteiger partial charge in [0.1, 0.15) is 13.2 Å². The lowest BCUT2D eigenvalue weighted by Gasteiger charge is -2.44. The van der Waals surface area contributed by atoms with Crippen molar-refractivity contribution in [3.8, 4) is 0 Å². The van der Waals surface area contributed by atoms with Gasteiger partial charge in [-0.15, -0.1) is 0 Å². The predicted molar refractivity (Wildman–Crippen MR) is 92.6 cm³/mol. The first-order chi connectivity index (χ1) is 12.5. The van der Waals surface area contributed by atoms with E-state index in [0.29, 0.717) is 18.7 Å². The number of nitrogens with one attached hydrogen (secondary N) is 1. The van der Waals surface area contributed by atoms with E-state index in [0.717, 1.165) is 42.6 Å². The van der Waals surface area contributed by atoms with Crippen LogP contribution in [0.3, 0.4) is 0 Å². The Morgan fingerprint density at radius 2 is 2.04 bits per heavy atom. The van der Waals surface area contributed by atoms with Crippen molar-refractivity contribution >= 4 is 11.9 Å². The van der Waals surface area contributed by atoms with Gasteiger partial charge in [-0.3, -0.25) is 4.79 Å². The number of morpholine rings is 1. The van der Waals surface area contributed by atoms with Gasteiger partial charge < -0.3 is 24.8 Å². The number of hydrogen-bond acceptors (Lipinski definition) is 6. The second-order valence-electron chi connectivity index (χ2n) is 7.45. The average molecular weight is 360 g/mol. The van der Waals surface area contributed by atoms with Crippen molar-refractivity contribution in [2.24, 2.45) is 0 Å². The molecule has 1 spiro atoms. The van der Waals surface area contributed by atoms with E-state index in [9.17, 15) is 14.7 Å². The summed E-state index contributed by atoms with van der Waals surface area (Å²) in [5.41, 5.74) is 3.03. The summed E-state index contributed by atoms with van der Waals surface area (Å²) in [7, 11) is 0. The maximum atomic E-state index is 11.7. The van der Waals surface area contributed by atoms with Gasteiger partial charge in [0.15, 0.2) is 0 Å². The second kappa shape index (κ2) is 6.64. The van der Waals surface area contributed by atoms with E-state index in [4.69, 9.17) is 9.47 Å². The summed E-state index contributed by atoms with van der Waals surface area (Å²) in [4.78, 5) is 25.2. The minimum absolute atomic E-state index is 0.0528. The molecule has 0 aromatic heterocycles. The number of amides is 1. The number of nitrogens with zero attached hydrogens (tertiary/aromatic N) is 1. The third-order valence-electron chi connectivity index (χ3n) is 5.88. The maximum absolute atomic E-state index is 11.7. The number of cyclic esters (lactones) is 1. The number of ether oxygens (including phenoxy) is 2. The van der Waals surface area contributed by atoms with Crippen LogP contribution in [0.15, 0.2) is 12.1 Å². The zero-order chi connectivity index (χ0) is 18.3. The number of aliphatic hydroxyl groups is 1. The molecule has 1 aromatic carbocycles. The molecule has 0 bridgehead atoms. The molecule has 7 heteroatoms. The molecule has 1 aromatic rings. The third-order valence-corrected chi connectivity index (χ3v) is 5.88. The summed E-state index contributed by atoms with van der Waals surface area (Å²) in [5, 5.41) is 13.6. The van der Waals surface area contributed by atoms with Crippen LogP contribution in [0, 0.1) is 6.92 Å². The summed E-state index contributed by atoms with van der Waals surface area (Å²) < 4.78 is 10.9. The van der Waals surface area contributed by atoms with E-state index in [-0.39, 0.29) is 30.7 Å². The van der Waals surface area contributed by atoms with Gasteiger partial charge in [-0.1, -0.05) is 6.07 Å². The molecule has 0 radical (unpaired) electrons. The Bertz CT molecular complexity index is 728. The number of aliphatic hydroxyl groups excluding tert-OH is 1. The van der Waals surface area contributed by atoms with Gasteiger partial charge in [0.2, 0.25) is 5.91 Å². The van der Waals surface area contributed by atoms with Crippen LogP contribution < -0.4 is 5.32 Å². The molecule has 26 heavy (non-hydrogen) atoms. The van der Waals surface area contributed by atoms with E-state index in [2.05, 4.69) is 10.2 Å². The fraction of sp³-hybridized carbons (Fsp3) is 0.579. The highest BCUT2D eigenvalue weighted by atomic mass is 16.5. The fourth-order valence-corrected chi connectivity index (χ4v) is 4.12. The van der Waals surface area contributed by atoms with E-state index < -0.39 is 6.10 Å². The Labute approximate surface area is 152 Å². The van der Waals surface area contributed by atoms with Gasteiger partial charge in [0, 0.05) is 31.7 Å². The molecule has 2 N–H and O–H groups in total. The molecule has 0 saturated carbocycles. The van der Waals surface area contributed by atoms with Gasteiger partial charge >= 0.3 is 5.97 Å². The van der Waals surface area contributed by atoms with Crippen molar-refractivity contribution in [1.29, 1.82) is 0 Å². The first-order valence-electron chi connectivity index (χ1n) is 9.08. The summed E-state index contributed by atoms with van der Waals surface area (Å²) in [5.74, 6) is -0.340. The van der Waals surface area contributed by atoms with Crippen LogP contribution in [0.1, 0.15) is 46.0 Å². The molecule has 4 rings (SSSR count). The first-order valence-corrected chi connectivity index (χ1v) is 9.08. The molecular formula is C19H24N2O5. The summed E-state index contributed by atoms with van der Waals surface area (Å²) in [6, 6.07) is 3.58. The highest BCUT2D eigenvalue weighted by Crippen LogP contribution is 2.31. The second-order valence-corrected chi connectivity index (χ2v) is 7.45. The van der Waals surface area contributed by atoms with Crippen molar-refractivity contribution in [2.45, 2.75) is 38.1 Å². The number of carbonyl (C=O) groups excluding carboxylic acids is 2. The van der Waals surface area contributed by atoms with Crippen LogP contribution in [0.5, 0.6) is 0 Å². The number of hydrogen-bond donors (Lipinski definition) is 2. The van der Waals surface area contributed by atoms with Crippen molar-refractivity contribution in [1.82, 2.24) is 10.2 Å². The standard InChI is InChI=1S/C19H24N2O5/c1-12-13(2-3-14-15(12)9-25-18(14)24)16(22)8-21-6-4-19(5-7-21)11-20-17(23)10-26-19/h2-3,16,22H,4-11H2,1H3,(H,20,23)/t16-/m0/s1. The van der Waals surface area contributed by atoms with Crippen molar-refractivity contribution in [2.75, 3.05) is 32.8 Å². The van der Waals surface area contributed by atoms with E-state index in [1.165, 1.54) is 0 Å². The van der Waals surface area contributed by atoms with Gasteiger partial charge in [-0.2, -0.15) is 0 Å². The monoisotopic (exact) mass is 360 g/mol. The van der Waals surface area contributed by atoms with Crippen LogP contribution in [0.4, 0.5) is 0 Å². The molecule has 140 valence electrons. The SMILES string of the molecule is Cc1c([C@@H](O)CN2CCC3(CC2)CNC(=O)CO3)ccc2c1COC2=O. The topological polar surface area (TPSA) is 88.1 Å². The Morgan fingerprint density at radius 3 is 2.73 bits per heavy atom. The third kappa shape index (κ3) is 3.11. The normalized spacial score (nSPS) is 23.5. The zero-order valence-electron chi connectivity index (χ0n) is 14.9. The molecule has 1 atom stereocenters. The molecule has 3 aliphatic rings. The first kappa shape index (κ1) is 17.5. The number of esters is 1. The summed E-state index contributed by atoms with van der Waals surface area (Å²) in [6.45, 7) is 5.10. The van der Waals surface area contributed by atoms with Crippen LogP contribution >= 0.6 is 0 Å². The lowest BCUT2D eigenvalue weighted by molar-refractivity contribution is -0.150. The number of benzene rings is 1. The quantitative estimate of drug-likeness (QED) is 0.771. The molecule has 2 fully saturated rings. The molecule has 1 amide bonds. The van der Waals surface area contributed by atoms with Crippen LogP contribution in [-0.2, 0) is 20.9 Å². The zero-order valence-corrected chi connectivity index (χ0v) is 14.9. The van der Waals surface area contributed by atoms with Crippen LogP contribution in [0.2, 0.25) is 0 Å². The van der Waals surface area contributed by atoms with Gasteiger partial charge in [-0.05, 0) is 37.0 Å². The fourth-order valence-electron chi connectivity index (χ4n) is 4.12. The van der Waals surface area contributed by atoms with E-state index in [1.54, 1.807) is 6.07 Å². The Balaban J connectivity index is 1.38. The smallest absolute Gasteiger partial charge is 0.338 e. The van der Waals surface area contributed by atoms with Crippen molar-refractivity contribution < 1.29 is 24.2 Å². The average Bonchev–Trinajstić information content (AvgIpc) is 3.02. The van der Waals surface area contributed by atoms with Crippen molar-refractivity contribution in [3.63, 3.8) is 0 Å². The molecule has 0 aliphatic carbocycles. The van der Waals surface area contributed by atoms with Gasteiger partial charge in [0.25, 0.3) is 0 Å². The lowest BCUT2D eigenvalue weighted by Crippen LogP contribution is -2.57. The number of carbonyl (C=O) groups is 2. The van der Waals surface area contributed by atoms with Gasteiger partial charge in [0.05, 0.1) is 17.3 Å². The Morgan fingerprint density at radius 1 is 1.27 bits per heavy atom. The molecule has 7 nitrogen and oxygen atoms in total. The van der Waals surface area contributed by atoms with E-state index in [1.807, 2.05) is 13.0 Å². The Kier molecular flexibility index (Phi) is 4.46. The molecule has 3 aliphatic heterocycles. The number of rotatable bonds is 3. The Hall–Kier alpha value is -1.96. The number of likely N-dealkylation sites (tertiary alicyclic amines) is 1. The maximum Gasteiger partial charge on any atom is 0.338 e. The number of β-amino-alcohol motifs (C(OH)–C–C–N with tert-alkyl or cyclic N) is 1. The van der Waals surface area contributed by atoms with Crippen LogP contribution in [-0.4, -0.2) is 60.3 Å². The molecule has 0 unspecified atom stereocenters.